The monoisotopic (exact) mass is 332 g/mol. The van der Waals surface area contributed by atoms with Crippen LogP contribution in [-0.4, -0.2) is 57.6 Å². The molecule has 2 amide bonds. The summed E-state index contributed by atoms with van der Waals surface area (Å²) in [5, 5.41) is 4.47. The highest BCUT2D eigenvalue weighted by Crippen LogP contribution is 2.18. The summed E-state index contributed by atoms with van der Waals surface area (Å²) in [6, 6.07) is 7.01. The molecule has 120 valence electrons. The molecule has 0 saturated carbocycles. The molecule has 1 fully saturated rings. The molecule has 2 aromatic rings. The zero-order chi connectivity index (χ0) is 16.4. The van der Waals surface area contributed by atoms with Crippen LogP contribution in [0.5, 0.6) is 0 Å². The topological polar surface area (TPSA) is 58.4 Å². The number of nitrogens with zero attached hydrogens (tertiary/aromatic N) is 4. The van der Waals surface area contributed by atoms with Crippen molar-refractivity contribution < 1.29 is 9.59 Å². The van der Waals surface area contributed by atoms with E-state index in [-0.39, 0.29) is 11.8 Å². The summed E-state index contributed by atoms with van der Waals surface area (Å²) in [5.41, 5.74) is 1.07. The van der Waals surface area contributed by atoms with Gasteiger partial charge < -0.3 is 9.80 Å². The molecule has 0 aliphatic carbocycles. The van der Waals surface area contributed by atoms with Crippen LogP contribution >= 0.6 is 11.6 Å². The first-order valence-electron chi connectivity index (χ1n) is 7.38. The Morgan fingerprint density at radius 3 is 2.22 bits per heavy atom. The van der Waals surface area contributed by atoms with Crippen LogP contribution in [-0.2, 0) is 7.05 Å². The van der Waals surface area contributed by atoms with Crippen molar-refractivity contribution in [1.29, 1.82) is 0 Å². The van der Waals surface area contributed by atoms with Crippen LogP contribution < -0.4 is 0 Å². The normalized spacial score (nSPS) is 14.9. The lowest BCUT2D eigenvalue weighted by atomic mass is 10.1. The van der Waals surface area contributed by atoms with E-state index in [4.69, 9.17) is 11.6 Å². The number of aromatic nitrogens is 2. The third-order valence-corrected chi connectivity index (χ3v) is 4.24. The number of aryl methyl sites for hydroxylation is 1. The lowest BCUT2D eigenvalue weighted by Crippen LogP contribution is -2.50. The Bertz CT molecular complexity index is 735. The molecule has 7 heteroatoms. The number of hydrogen-bond donors (Lipinski definition) is 0. The molecule has 0 unspecified atom stereocenters. The molecule has 2 heterocycles. The molecule has 0 radical (unpaired) electrons. The van der Waals surface area contributed by atoms with Crippen LogP contribution in [0, 0.1) is 0 Å². The summed E-state index contributed by atoms with van der Waals surface area (Å²) in [4.78, 5) is 28.3. The summed E-state index contributed by atoms with van der Waals surface area (Å²) >= 11 is 6.08. The molecule has 1 aliphatic heterocycles. The van der Waals surface area contributed by atoms with Gasteiger partial charge >= 0.3 is 0 Å². The van der Waals surface area contributed by atoms with E-state index < -0.39 is 0 Å². The molecule has 6 nitrogen and oxygen atoms in total. The van der Waals surface area contributed by atoms with Crippen LogP contribution in [0.25, 0.3) is 0 Å². The maximum Gasteiger partial charge on any atom is 0.257 e. The van der Waals surface area contributed by atoms with E-state index in [0.29, 0.717) is 42.3 Å². The number of amides is 2. The van der Waals surface area contributed by atoms with Gasteiger partial charge in [0.2, 0.25) is 0 Å². The number of halogens is 1. The van der Waals surface area contributed by atoms with Crippen LogP contribution in [0.1, 0.15) is 20.7 Å². The van der Waals surface area contributed by atoms with Gasteiger partial charge in [-0.05, 0) is 12.1 Å². The molecular weight excluding hydrogens is 316 g/mol. The number of rotatable bonds is 2. The second-order valence-electron chi connectivity index (χ2n) is 5.47. The fourth-order valence-corrected chi connectivity index (χ4v) is 2.85. The lowest BCUT2D eigenvalue weighted by Gasteiger charge is -2.34. The van der Waals surface area contributed by atoms with Crippen molar-refractivity contribution >= 4 is 23.4 Å². The Morgan fingerprint density at radius 2 is 1.65 bits per heavy atom. The standard InChI is InChI=1S/C16H17ClN4O2/c1-19-11-12(10-18-19)15(22)20-6-8-21(9-7-20)16(23)13-4-2-3-5-14(13)17/h2-5,10-11H,6-9H2,1H3. The van der Waals surface area contributed by atoms with E-state index in [1.165, 1.54) is 0 Å². The summed E-state index contributed by atoms with van der Waals surface area (Å²) in [7, 11) is 1.77. The molecule has 0 atom stereocenters. The minimum atomic E-state index is -0.0934. The van der Waals surface area contributed by atoms with Gasteiger partial charge in [-0.2, -0.15) is 5.10 Å². The van der Waals surface area contributed by atoms with Crippen LogP contribution in [0.15, 0.2) is 36.7 Å². The zero-order valence-electron chi connectivity index (χ0n) is 12.8. The molecule has 1 aromatic heterocycles. The zero-order valence-corrected chi connectivity index (χ0v) is 13.5. The first-order chi connectivity index (χ1) is 11.1. The fourth-order valence-electron chi connectivity index (χ4n) is 2.63. The Balaban J connectivity index is 1.63. The Kier molecular flexibility index (Phi) is 4.34. The second kappa shape index (κ2) is 6.42. The van der Waals surface area contributed by atoms with Crippen molar-refractivity contribution in [2.24, 2.45) is 7.05 Å². The van der Waals surface area contributed by atoms with Gasteiger partial charge in [0, 0.05) is 39.4 Å². The smallest absolute Gasteiger partial charge is 0.257 e. The third kappa shape index (κ3) is 3.22. The number of carbonyl (C=O) groups is 2. The van der Waals surface area contributed by atoms with Gasteiger partial charge in [0.15, 0.2) is 0 Å². The van der Waals surface area contributed by atoms with E-state index >= 15 is 0 Å². The maximum atomic E-state index is 12.5. The predicted octanol–water partition coefficient (Wildman–Crippen LogP) is 1.67. The first kappa shape index (κ1) is 15.6. The average Bonchev–Trinajstić information content (AvgIpc) is 3.01. The van der Waals surface area contributed by atoms with Gasteiger partial charge in [0.25, 0.3) is 11.8 Å². The summed E-state index contributed by atoms with van der Waals surface area (Å²) in [6.07, 6.45) is 3.26. The second-order valence-corrected chi connectivity index (χ2v) is 5.87. The molecule has 23 heavy (non-hydrogen) atoms. The average molecular weight is 333 g/mol. The summed E-state index contributed by atoms with van der Waals surface area (Å²) < 4.78 is 1.60. The number of benzene rings is 1. The fraction of sp³-hybridized carbons (Fsp3) is 0.312. The molecule has 1 aliphatic rings. The van der Waals surface area contributed by atoms with E-state index in [1.807, 2.05) is 0 Å². The predicted molar refractivity (Wildman–Crippen MR) is 86.5 cm³/mol. The first-order valence-corrected chi connectivity index (χ1v) is 7.76. The highest BCUT2D eigenvalue weighted by Gasteiger charge is 2.26. The Labute approximate surface area is 139 Å². The van der Waals surface area contributed by atoms with Gasteiger partial charge in [-0.1, -0.05) is 23.7 Å². The molecular formula is C16H17ClN4O2. The Morgan fingerprint density at radius 1 is 1.04 bits per heavy atom. The highest BCUT2D eigenvalue weighted by molar-refractivity contribution is 6.33. The third-order valence-electron chi connectivity index (χ3n) is 3.91. The van der Waals surface area contributed by atoms with E-state index in [9.17, 15) is 9.59 Å². The van der Waals surface area contributed by atoms with Crippen molar-refractivity contribution in [3.63, 3.8) is 0 Å². The van der Waals surface area contributed by atoms with Gasteiger partial charge in [-0.3, -0.25) is 14.3 Å². The quantitative estimate of drug-likeness (QED) is 0.840. The highest BCUT2D eigenvalue weighted by atomic mass is 35.5. The minimum Gasteiger partial charge on any atom is -0.335 e. The maximum absolute atomic E-state index is 12.5. The van der Waals surface area contributed by atoms with Crippen molar-refractivity contribution in [2.75, 3.05) is 26.2 Å². The summed E-state index contributed by atoms with van der Waals surface area (Å²) in [6.45, 7) is 2.00. The number of piperazine rings is 1. The molecule has 0 N–H and O–H groups in total. The van der Waals surface area contributed by atoms with Crippen LogP contribution in [0.3, 0.4) is 0 Å². The Hall–Kier alpha value is -2.34. The molecule has 0 bridgehead atoms. The van der Waals surface area contributed by atoms with Crippen molar-refractivity contribution in [2.45, 2.75) is 0 Å². The lowest BCUT2D eigenvalue weighted by molar-refractivity contribution is 0.0535. The minimum absolute atomic E-state index is 0.0528. The molecule has 0 spiro atoms. The van der Waals surface area contributed by atoms with Gasteiger partial charge in [0.05, 0.1) is 22.3 Å². The molecule has 3 rings (SSSR count). The van der Waals surface area contributed by atoms with Crippen LogP contribution in [0.2, 0.25) is 5.02 Å². The number of carbonyl (C=O) groups excluding carboxylic acids is 2. The number of hydrogen-bond acceptors (Lipinski definition) is 3. The van der Waals surface area contributed by atoms with Crippen LogP contribution in [0.4, 0.5) is 0 Å². The van der Waals surface area contributed by atoms with Gasteiger partial charge in [-0.15, -0.1) is 0 Å². The molecule has 1 saturated heterocycles. The van der Waals surface area contributed by atoms with E-state index in [2.05, 4.69) is 5.10 Å². The molecule has 1 aromatic carbocycles. The van der Waals surface area contributed by atoms with E-state index in [1.54, 1.807) is 58.2 Å². The largest absolute Gasteiger partial charge is 0.335 e. The van der Waals surface area contributed by atoms with Crippen molar-refractivity contribution in [3.05, 3.63) is 52.8 Å². The van der Waals surface area contributed by atoms with Crippen molar-refractivity contribution in [3.8, 4) is 0 Å². The van der Waals surface area contributed by atoms with E-state index in [0.717, 1.165) is 0 Å². The summed E-state index contributed by atoms with van der Waals surface area (Å²) in [5.74, 6) is -0.146. The SMILES string of the molecule is Cn1cc(C(=O)N2CCN(C(=O)c3ccccc3Cl)CC2)cn1. The van der Waals surface area contributed by atoms with Gasteiger partial charge in [0.1, 0.15) is 0 Å². The van der Waals surface area contributed by atoms with Gasteiger partial charge in [-0.25, -0.2) is 0 Å². The van der Waals surface area contributed by atoms with Crippen molar-refractivity contribution in [1.82, 2.24) is 19.6 Å².